The number of aromatic amines is 2. The van der Waals surface area contributed by atoms with Gasteiger partial charge in [0.15, 0.2) is 0 Å². The van der Waals surface area contributed by atoms with Gasteiger partial charge in [0.1, 0.15) is 0 Å². The summed E-state index contributed by atoms with van der Waals surface area (Å²) in [6, 6.07) is 90.0. The Labute approximate surface area is 807 Å². The molecule has 0 fully saturated rings. The maximum atomic E-state index is 7.27. The average Bonchev–Trinajstić information content (AvgIpc) is 1.51. The number of nitrogens with one attached hydrogen (secondary N) is 2. The van der Waals surface area contributed by atoms with Crippen LogP contribution in [0.25, 0.3) is 65.4 Å². The predicted octanol–water partition coefficient (Wildman–Crippen LogP) is 32.6. The van der Waals surface area contributed by atoms with Gasteiger partial charge in [0.05, 0.1) is 44.9 Å². The Bertz CT molecular complexity index is 7460. The fraction of sp³-hybridized carbons (Fsp3) is 0.364. The third-order valence-electron chi connectivity index (χ3n) is 34.5. The highest BCUT2D eigenvalue weighted by atomic mass is 14.9. The normalized spacial score (nSPS) is 21.5. The SMILES string of the molecule is CC(C)(C)c1cc(C2=C3N=C(C4=C3C3CCC4c4cc5ccccc5cc43)C(c3cc(C(C)(C)C)cc(C(C)(C)C)c3)=c3[nH]c(c4c3C3CCC4c4cc5ccccc5cc43)=C(c3cc(C(C)(C)C)cc(C(C)(C)C)c3)C3=NC(=C(c4cc(C(C)(C)C)cc(C(C)(C)C)c4)c4[nH]c2c2c4C4CCC2c2cc5ccccc5cc24)C2=C3C3CCC2c2cc4ccccc4cc23)cc(C(C)(C)C)c1. The second-order valence-electron chi connectivity index (χ2n) is 51.4. The van der Waals surface area contributed by atoms with Gasteiger partial charge in [-0.15, -0.1) is 0 Å². The van der Waals surface area contributed by atoms with Crippen LogP contribution in [0.4, 0.5) is 0 Å². The van der Waals surface area contributed by atoms with Crippen LogP contribution < -0.4 is 10.7 Å². The van der Waals surface area contributed by atoms with Gasteiger partial charge in [0.2, 0.25) is 0 Å². The second-order valence-corrected chi connectivity index (χ2v) is 51.4. The number of aromatic nitrogens is 2. The lowest BCUT2D eigenvalue weighted by Crippen LogP contribution is -2.33. The first-order chi connectivity index (χ1) is 64.4. The van der Waals surface area contributed by atoms with Crippen molar-refractivity contribution in [1.29, 1.82) is 0 Å². The van der Waals surface area contributed by atoms with Crippen LogP contribution in [-0.2, 0) is 43.3 Å². The van der Waals surface area contributed by atoms with Gasteiger partial charge >= 0.3 is 0 Å². The number of nitrogens with zero attached hydrogens (tertiary/aromatic N) is 2. The van der Waals surface area contributed by atoms with Crippen LogP contribution in [0.2, 0.25) is 0 Å². The summed E-state index contributed by atoms with van der Waals surface area (Å²) >= 11 is 0. The summed E-state index contributed by atoms with van der Waals surface area (Å²) in [6.07, 6.45) is 8.14. The van der Waals surface area contributed by atoms with Gasteiger partial charge in [0, 0.05) is 69.6 Å². The van der Waals surface area contributed by atoms with Gasteiger partial charge in [-0.05, 0) is 294 Å². The largest absolute Gasteiger partial charge is 0.354 e. The second kappa shape index (κ2) is 29.0. The summed E-state index contributed by atoms with van der Waals surface area (Å²) in [7, 11) is 0. The number of aliphatic imine (C=N–C) groups is 2. The van der Waals surface area contributed by atoms with E-state index < -0.39 is 0 Å². The lowest BCUT2D eigenvalue weighted by Gasteiger charge is -2.42. The van der Waals surface area contributed by atoms with Crippen molar-refractivity contribution in [1.82, 2.24) is 9.97 Å². The quantitative estimate of drug-likeness (QED) is 0.176. The first-order valence-electron chi connectivity index (χ1n) is 51.6. The molecule has 8 atom stereocenters. The highest BCUT2D eigenvalue weighted by molar-refractivity contribution is 6.36. The molecule has 136 heavy (non-hydrogen) atoms. The molecule has 0 amide bonds. The molecule has 682 valence electrons. The minimum absolute atomic E-state index is 0.0184. The van der Waals surface area contributed by atoms with E-state index in [1.807, 2.05) is 0 Å². The van der Waals surface area contributed by atoms with Crippen molar-refractivity contribution in [2.24, 2.45) is 9.98 Å². The van der Waals surface area contributed by atoms with E-state index in [0.29, 0.717) is 0 Å². The van der Waals surface area contributed by atoms with E-state index >= 15 is 0 Å². The molecule has 15 aliphatic rings. The van der Waals surface area contributed by atoms with Crippen molar-refractivity contribution < 1.29 is 0 Å². The third-order valence-corrected chi connectivity index (χ3v) is 34.5. The van der Waals surface area contributed by atoms with Crippen molar-refractivity contribution >= 4 is 76.8 Å². The Hall–Kier alpha value is -11.7. The highest BCUT2D eigenvalue weighted by Crippen LogP contribution is 2.67. The maximum Gasteiger partial charge on any atom is 0.0778 e. The molecule has 2 aliphatic heterocycles. The first-order valence-corrected chi connectivity index (χ1v) is 51.6. The van der Waals surface area contributed by atoms with Crippen molar-refractivity contribution in [3.63, 3.8) is 0 Å². The molecule has 4 heterocycles. The molecule has 2 N–H and O–H groups in total. The summed E-state index contributed by atoms with van der Waals surface area (Å²) in [6.45, 7) is 58.9. The monoisotopic (exact) mass is 1780 g/mol. The van der Waals surface area contributed by atoms with E-state index in [0.717, 1.165) is 74.2 Å². The standard InChI is InChI=1S/C132H134N4/c1-125(2,3)81-49-77(50-82(65-81)126(4,5)6)105-117-109-89-41-43-91(99-59-71-35-27-25-33-69(71)57-97(89)99)111(109)119(133-117)106(78-51-83(127(7,8)9)66-84(52-78)128(10,11)12)121-113-93-45-47-95(103-63-75-39-31-29-37-73(75)61-101(93)103)115(113)123(135-121)108(80-55-87(131(19,20)21)68-88(56-80)132(22,23)24)124-116-96-48-46-94(102-62-74-38-30-32-40-76(74)64-104(96)102)114(116)122(136-124)107(79-53-85(129(13,14)15)67-86(54-79)130(16,17)18)120-112-92-44-42-90(110(112)118(105)134-120)98-58-70-34-26-28-36-72(70)60-100(92)98/h25-40,49-68,89-96,133,136H,41-48H2,1-24H3. The summed E-state index contributed by atoms with van der Waals surface area (Å²) in [4.78, 5) is 24.7. The van der Waals surface area contributed by atoms with Crippen molar-refractivity contribution in [2.75, 3.05) is 0 Å². The molecule has 16 bridgehead atoms. The van der Waals surface area contributed by atoms with Crippen molar-refractivity contribution in [3.8, 4) is 0 Å². The minimum Gasteiger partial charge on any atom is -0.354 e. The molecule has 8 unspecified atom stereocenters. The molecule has 4 nitrogen and oxygen atoms in total. The van der Waals surface area contributed by atoms with E-state index in [2.05, 4.69) is 385 Å². The maximum absolute atomic E-state index is 7.27. The highest BCUT2D eigenvalue weighted by Gasteiger charge is 2.54. The van der Waals surface area contributed by atoms with E-state index in [9.17, 15) is 0 Å². The fourth-order valence-electron chi connectivity index (χ4n) is 27.1. The number of hydrogen-bond acceptors (Lipinski definition) is 2. The van der Waals surface area contributed by atoms with Crippen LogP contribution in [0.3, 0.4) is 0 Å². The zero-order chi connectivity index (χ0) is 94.3. The van der Waals surface area contributed by atoms with E-state index in [4.69, 9.17) is 20.0 Å². The zero-order valence-electron chi connectivity index (χ0n) is 85.0. The molecule has 14 aromatic rings. The summed E-state index contributed by atoms with van der Waals surface area (Å²) in [5.41, 5.74) is 48.8. The van der Waals surface area contributed by atoms with Crippen LogP contribution in [0.5, 0.6) is 0 Å². The third kappa shape index (κ3) is 13.0. The topological polar surface area (TPSA) is 56.3 Å². The number of rotatable bonds is 4. The van der Waals surface area contributed by atoms with Crippen LogP contribution in [0.15, 0.2) is 262 Å². The van der Waals surface area contributed by atoms with Gasteiger partial charge in [-0.1, -0.05) is 385 Å². The molecule has 0 saturated carbocycles. The number of hydrogen-bond donors (Lipinski definition) is 2. The molecule has 2 aromatic heterocycles. The molecule has 4 heteroatoms. The zero-order valence-corrected chi connectivity index (χ0v) is 85.0. The summed E-state index contributed by atoms with van der Waals surface area (Å²) in [5.74, 6) is 0.196. The molecule has 29 rings (SSSR count). The van der Waals surface area contributed by atoms with Crippen molar-refractivity contribution in [3.05, 3.63) is 408 Å². The van der Waals surface area contributed by atoms with Gasteiger partial charge in [-0.25, -0.2) is 9.98 Å². The number of allylic oxidation sites excluding steroid dienone is 4. The number of H-pyrrole nitrogens is 2. The summed E-state index contributed by atoms with van der Waals surface area (Å²) < 4.78 is 0. The number of benzene rings is 12. The minimum atomic E-state index is -0.234. The lowest BCUT2D eigenvalue weighted by atomic mass is 9.60. The van der Waals surface area contributed by atoms with Crippen LogP contribution in [0, 0.1) is 0 Å². The Balaban J connectivity index is 0.984. The van der Waals surface area contributed by atoms with E-state index in [1.54, 1.807) is 0 Å². The Morgan fingerprint density at radius 1 is 0.206 bits per heavy atom. The Morgan fingerprint density at radius 3 is 0.618 bits per heavy atom. The van der Waals surface area contributed by atoms with Crippen LogP contribution >= 0.6 is 0 Å². The fourth-order valence-corrected chi connectivity index (χ4v) is 27.1. The molecule has 0 saturated heterocycles. The van der Waals surface area contributed by atoms with Gasteiger partial charge in [0.25, 0.3) is 0 Å². The van der Waals surface area contributed by atoms with Crippen LogP contribution in [0.1, 0.15) is 410 Å². The average molecular weight is 1780 g/mol. The lowest BCUT2D eigenvalue weighted by molar-refractivity contribution is 0.520. The molecule has 12 aromatic carbocycles. The Morgan fingerprint density at radius 2 is 0.397 bits per heavy atom. The van der Waals surface area contributed by atoms with Gasteiger partial charge in [-0.3, -0.25) is 0 Å². The van der Waals surface area contributed by atoms with E-state index in [1.165, 1.54) is 243 Å². The summed E-state index contributed by atoms with van der Waals surface area (Å²) in [5, 5.41) is 12.9. The van der Waals surface area contributed by atoms with Gasteiger partial charge < -0.3 is 9.97 Å². The number of fused-ring (bicyclic) bond motifs is 8. The first kappa shape index (κ1) is 85.9. The molecular weight excluding hydrogens is 1640 g/mol. The molecule has 0 radical (unpaired) electrons. The van der Waals surface area contributed by atoms with Crippen molar-refractivity contribution in [2.45, 2.75) is 308 Å². The predicted molar refractivity (Wildman–Crippen MR) is 573 cm³/mol. The molecule has 13 aliphatic carbocycles. The molecule has 0 spiro atoms. The van der Waals surface area contributed by atoms with Crippen LogP contribution in [-0.4, -0.2) is 21.4 Å². The van der Waals surface area contributed by atoms with Gasteiger partial charge in [-0.2, -0.15) is 0 Å². The smallest absolute Gasteiger partial charge is 0.0778 e. The Kier molecular flexibility index (Phi) is 18.3. The van der Waals surface area contributed by atoms with E-state index in [-0.39, 0.29) is 90.7 Å². The molecular formula is C132H134N4.